The van der Waals surface area contributed by atoms with Gasteiger partial charge in [-0.1, -0.05) is 0 Å². The van der Waals surface area contributed by atoms with Crippen LogP contribution in [0.4, 0.5) is 4.79 Å². The van der Waals surface area contributed by atoms with Gasteiger partial charge in [0, 0.05) is 0 Å². The van der Waals surface area contributed by atoms with Crippen molar-refractivity contribution < 1.29 is 28.7 Å². The Bertz CT molecular complexity index is 465. The largest absolute Gasteiger partial charge is 0.444 e. The summed E-state index contributed by atoms with van der Waals surface area (Å²) in [6, 6.07) is -1.62. The lowest BCUT2D eigenvalue weighted by atomic mass is 10.2. The molecule has 0 spiro atoms. The van der Waals surface area contributed by atoms with Gasteiger partial charge >= 0.3 is 6.09 Å². The van der Waals surface area contributed by atoms with Crippen LogP contribution in [0, 0.1) is 0 Å². The summed E-state index contributed by atoms with van der Waals surface area (Å²) in [6.07, 6.45) is -0.974. The van der Waals surface area contributed by atoms with Crippen molar-refractivity contribution >= 4 is 29.5 Å². The number of hydrogen-bond acceptors (Lipinski definition) is 6. The molecule has 23 heavy (non-hydrogen) atoms. The second-order valence-electron chi connectivity index (χ2n) is 5.92. The second-order valence-corrected chi connectivity index (χ2v) is 5.92. The number of Topliss-reactive ketones (excluding diaryl/α,β-unsaturated/α-hetero) is 2. The molecule has 0 radical (unpaired) electrons. The molecule has 0 aromatic rings. The van der Waals surface area contributed by atoms with Gasteiger partial charge in [-0.3, -0.25) is 19.2 Å². The van der Waals surface area contributed by atoms with Crippen LogP contribution >= 0.6 is 0 Å². The maximum absolute atomic E-state index is 12.0. The van der Waals surface area contributed by atoms with Crippen molar-refractivity contribution in [1.29, 1.82) is 0 Å². The SMILES string of the molecule is CC(=O)CNC(=O)C(NC(=O)OC(C)(C)C)C(=O)NCC(C)=O. The monoisotopic (exact) mass is 329 g/mol. The number of nitrogens with one attached hydrogen (secondary N) is 3. The molecule has 0 rings (SSSR count). The van der Waals surface area contributed by atoms with Crippen LogP contribution in [-0.4, -0.2) is 54.2 Å². The van der Waals surface area contributed by atoms with Gasteiger partial charge in [0.2, 0.25) is 0 Å². The zero-order chi connectivity index (χ0) is 18.2. The van der Waals surface area contributed by atoms with Gasteiger partial charge < -0.3 is 20.7 Å². The summed E-state index contributed by atoms with van der Waals surface area (Å²) < 4.78 is 4.98. The van der Waals surface area contributed by atoms with Gasteiger partial charge in [0.1, 0.15) is 17.2 Å². The van der Waals surface area contributed by atoms with Crippen molar-refractivity contribution in [3.63, 3.8) is 0 Å². The van der Waals surface area contributed by atoms with Crippen molar-refractivity contribution in [2.75, 3.05) is 13.1 Å². The van der Waals surface area contributed by atoms with E-state index >= 15 is 0 Å². The molecular weight excluding hydrogens is 306 g/mol. The van der Waals surface area contributed by atoms with E-state index in [0.717, 1.165) is 0 Å². The van der Waals surface area contributed by atoms with Gasteiger partial charge in [0.15, 0.2) is 6.04 Å². The Morgan fingerprint density at radius 3 is 1.57 bits per heavy atom. The molecule has 0 bridgehead atoms. The lowest BCUT2D eigenvalue weighted by Crippen LogP contribution is -2.56. The van der Waals surface area contributed by atoms with E-state index < -0.39 is 29.6 Å². The molecular formula is C14H23N3O6. The van der Waals surface area contributed by atoms with Gasteiger partial charge in [0.25, 0.3) is 11.8 Å². The van der Waals surface area contributed by atoms with E-state index in [1.807, 2.05) is 0 Å². The Morgan fingerprint density at radius 1 is 0.870 bits per heavy atom. The predicted molar refractivity (Wildman–Crippen MR) is 80.5 cm³/mol. The number of ether oxygens (including phenoxy) is 1. The first-order chi connectivity index (χ1) is 10.4. The number of amides is 3. The lowest BCUT2D eigenvalue weighted by Gasteiger charge is -2.22. The van der Waals surface area contributed by atoms with Crippen LogP contribution in [0.2, 0.25) is 0 Å². The van der Waals surface area contributed by atoms with E-state index in [1.165, 1.54) is 13.8 Å². The number of carbonyl (C=O) groups excluding carboxylic acids is 5. The van der Waals surface area contributed by atoms with Crippen LogP contribution in [0.3, 0.4) is 0 Å². The second kappa shape index (κ2) is 8.86. The highest BCUT2D eigenvalue weighted by Gasteiger charge is 2.30. The first kappa shape index (κ1) is 20.6. The molecule has 0 saturated carbocycles. The highest BCUT2D eigenvalue weighted by Crippen LogP contribution is 2.06. The lowest BCUT2D eigenvalue weighted by molar-refractivity contribution is -0.134. The van der Waals surface area contributed by atoms with Gasteiger partial charge in [-0.2, -0.15) is 0 Å². The number of ketones is 2. The van der Waals surface area contributed by atoms with Crippen LogP contribution in [0.15, 0.2) is 0 Å². The minimum Gasteiger partial charge on any atom is -0.444 e. The third-order valence-corrected chi connectivity index (χ3v) is 2.21. The quantitative estimate of drug-likeness (QED) is 0.529. The fourth-order valence-electron chi connectivity index (χ4n) is 1.30. The standard InChI is InChI=1S/C14H23N3O6/c1-8(18)6-15-11(20)10(12(21)16-7-9(2)19)17-13(22)23-14(3,4)5/h10H,6-7H2,1-5H3,(H,15,20)(H,16,21)(H,17,22). The molecule has 130 valence electrons. The molecule has 3 amide bonds. The predicted octanol–water partition coefficient (Wildman–Crippen LogP) is -0.710. The molecule has 0 aliphatic heterocycles. The van der Waals surface area contributed by atoms with Crippen molar-refractivity contribution in [2.45, 2.75) is 46.3 Å². The average molecular weight is 329 g/mol. The Balaban J connectivity index is 4.94. The van der Waals surface area contributed by atoms with Crippen molar-refractivity contribution in [3.05, 3.63) is 0 Å². The zero-order valence-corrected chi connectivity index (χ0v) is 13.9. The van der Waals surface area contributed by atoms with Gasteiger partial charge in [0.05, 0.1) is 13.1 Å². The Labute approximate surface area is 134 Å². The maximum Gasteiger partial charge on any atom is 0.408 e. The summed E-state index contributed by atoms with van der Waals surface area (Å²) in [5, 5.41) is 6.54. The van der Waals surface area contributed by atoms with E-state index in [4.69, 9.17) is 4.74 Å². The molecule has 3 N–H and O–H groups in total. The molecule has 0 atom stereocenters. The summed E-state index contributed by atoms with van der Waals surface area (Å²) in [7, 11) is 0. The van der Waals surface area contributed by atoms with Crippen molar-refractivity contribution in [1.82, 2.24) is 16.0 Å². The normalized spacial score (nSPS) is 10.7. The highest BCUT2D eigenvalue weighted by atomic mass is 16.6. The molecule has 0 fully saturated rings. The number of rotatable bonds is 7. The highest BCUT2D eigenvalue weighted by molar-refractivity contribution is 6.07. The molecule has 0 heterocycles. The van der Waals surface area contributed by atoms with Crippen LogP contribution in [0.5, 0.6) is 0 Å². The third-order valence-electron chi connectivity index (χ3n) is 2.21. The van der Waals surface area contributed by atoms with Gasteiger partial charge in [-0.25, -0.2) is 4.79 Å². The molecule has 0 unspecified atom stereocenters. The summed E-state index contributed by atoms with van der Waals surface area (Å²) >= 11 is 0. The minimum atomic E-state index is -1.62. The third kappa shape index (κ3) is 9.99. The Kier molecular flexibility index (Phi) is 7.92. The minimum absolute atomic E-state index is 0.286. The summed E-state index contributed by atoms with van der Waals surface area (Å²) in [4.78, 5) is 57.4. The van der Waals surface area contributed by atoms with Crippen molar-refractivity contribution in [3.8, 4) is 0 Å². The van der Waals surface area contributed by atoms with E-state index in [2.05, 4.69) is 16.0 Å². The summed E-state index contributed by atoms with van der Waals surface area (Å²) in [5.74, 6) is -2.41. The van der Waals surface area contributed by atoms with Gasteiger partial charge in [-0.05, 0) is 34.6 Å². The van der Waals surface area contributed by atoms with E-state index in [-0.39, 0.29) is 24.7 Å². The van der Waals surface area contributed by atoms with Crippen LogP contribution < -0.4 is 16.0 Å². The van der Waals surface area contributed by atoms with Crippen LogP contribution in [0.1, 0.15) is 34.6 Å². The Morgan fingerprint density at radius 2 is 1.26 bits per heavy atom. The zero-order valence-electron chi connectivity index (χ0n) is 13.9. The number of hydrogen-bond donors (Lipinski definition) is 3. The van der Waals surface area contributed by atoms with E-state index in [0.29, 0.717) is 0 Å². The molecule has 0 aliphatic rings. The summed E-state index contributed by atoms with van der Waals surface area (Å²) in [5.41, 5.74) is -0.819. The van der Waals surface area contributed by atoms with Crippen molar-refractivity contribution in [2.24, 2.45) is 0 Å². The molecule has 9 heteroatoms. The van der Waals surface area contributed by atoms with Crippen LogP contribution in [0.25, 0.3) is 0 Å². The summed E-state index contributed by atoms with van der Waals surface area (Å²) in [6.45, 7) is 6.79. The number of alkyl carbamates (subject to hydrolysis) is 1. The van der Waals surface area contributed by atoms with Gasteiger partial charge in [-0.15, -0.1) is 0 Å². The van der Waals surface area contributed by atoms with E-state index in [9.17, 15) is 24.0 Å². The average Bonchev–Trinajstić information content (AvgIpc) is 2.37. The fraction of sp³-hybridized carbons (Fsp3) is 0.643. The first-order valence-corrected chi connectivity index (χ1v) is 6.96. The maximum atomic E-state index is 12.0. The Hall–Kier alpha value is -2.45. The first-order valence-electron chi connectivity index (χ1n) is 6.96. The van der Waals surface area contributed by atoms with Crippen LogP contribution in [-0.2, 0) is 23.9 Å². The van der Waals surface area contributed by atoms with E-state index in [1.54, 1.807) is 20.8 Å². The topological polar surface area (TPSA) is 131 Å². The molecule has 0 aromatic heterocycles. The number of carbonyl (C=O) groups is 5. The smallest absolute Gasteiger partial charge is 0.408 e. The molecule has 0 aliphatic carbocycles. The molecule has 0 aromatic carbocycles. The fourth-order valence-corrected chi connectivity index (χ4v) is 1.30. The molecule has 0 saturated heterocycles. The molecule has 9 nitrogen and oxygen atoms in total.